The van der Waals surface area contributed by atoms with Crippen molar-refractivity contribution < 1.29 is 23.4 Å². The molecule has 1 atom stereocenters. The third kappa shape index (κ3) is 6.39. The van der Waals surface area contributed by atoms with Crippen LogP contribution in [-0.2, 0) is 10.0 Å². The summed E-state index contributed by atoms with van der Waals surface area (Å²) in [7, 11) is -3.54. The molecular formula is C11H18N2O5S. The van der Waals surface area contributed by atoms with Crippen LogP contribution in [0.1, 0.15) is 0 Å². The normalized spacial score (nSPS) is 13.2. The van der Waals surface area contributed by atoms with Crippen LogP contribution in [0.15, 0.2) is 24.3 Å². The van der Waals surface area contributed by atoms with E-state index in [1.54, 1.807) is 24.3 Å². The number of nitrogen functional groups attached to an aromatic ring is 1. The Morgan fingerprint density at radius 1 is 1.42 bits per heavy atom. The molecule has 108 valence electrons. The zero-order valence-corrected chi connectivity index (χ0v) is 11.1. The van der Waals surface area contributed by atoms with Gasteiger partial charge in [0.15, 0.2) is 0 Å². The topological polar surface area (TPSA) is 122 Å². The molecule has 0 aliphatic heterocycles. The van der Waals surface area contributed by atoms with Gasteiger partial charge in [0, 0.05) is 18.3 Å². The van der Waals surface area contributed by atoms with Crippen LogP contribution in [0.3, 0.4) is 0 Å². The van der Waals surface area contributed by atoms with E-state index in [1.807, 2.05) is 0 Å². The maximum atomic E-state index is 11.5. The summed E-state index contributed by atoms with van der Waals surface area (Å²) in [5.74, 6) is 0.241. The first kappa shape index (κ1) is 15.7. The van der Waals surface area contributed by atoms with E-state index in [-0.39, 0.29) is 18.9 Å². The van der Waals surface area contributed by atoms with Gasteiger partial charge in [0.05, 0.1) is 18.5 Å². The molecular weight excluding hydrogens is 272 g/mol. The fraction of sp³-hybridized carbons (Fsp3) is 0.455. The molecule has 0 amide bonds. The number of ether oxygens (including phenoxy) is 1. The van der Waals surface area contributed by atoms with Gasteiger partial charge in [0.25, 0.3) is 0 Å². The average Bonchev–Trinajstić information content (AvgIpc) is 2.36. The Bertz CT molecular complexity index is 492. The highest BCUT2D eigenvalue weighted by atomic mass is 32.2. The molecule has 0 aliphatic rings. The molecule has 1 rings (SSSR count). The predicted octanol–water partition coefficient (Wildman–Crippen LogP) is -1.08. The first-order valence-corrected chi connectivity index (χ1v) is 7.33. The van der Waals surface area contributed by atoms with E-state index >= 15 is 0 Å². The van der Waals surface area contributed by atoms with Crippen LogP contribution in [0.5, 0.6) is 5.75 Å². The summed E-state index contributed by atoms with van der Waals surface area (Å²) in [5, 5.41) is 17.6. The second kappa shape index (κ2) is 7.29. The Labute approximate surface area is 112 Å². The molecule has 0 heterocycles. The van der Waals surface area contributed by atoms with Crippen molar-refractivity contribution in [2.24, 2.45) is 0 Å². The van der Waals surface area contributed by atoms with Gasteiger partial charge in [-0.3, -0.25) is 0 Å². The zero-order valence-electron chi connectivity index (χ0n) is 10.3. The molecule has 7 nitrogen and oxygen atoms in total. The molecule has 1 aromatic rings. The lowest BCUT2D eigenvalue weighted by Gasteiger charge is -2.10. The van der Waals surface area contributed by atoms with E-state index in [9.17, 15) is 8.42 Å². The minimum absolute atomic E-state index is 0.0337. The number of sulfonamides is 1. The van der Waals surface area contributed by atoms with Crippen LogP contribution in [0, 0.1) is 0 Å². The molecule has 0 fully saturated rings. The van der Waals surface area contributed by atoms with Crippen molar-refractivity contribution in [2.45, 2.75) is 6.10 Å². The van der Waals surface area contributed by atoms with Gasteiger partial charge in [-0.25, -0.2) is 13.1 Å². The van der Waals surface area contributed by atoms with Crippen molar-refractivity contribution in [3.8, 4) is 5.75 Å². The van der Waals surface area contributed by atoms with E-state index in [0.717, 1.165) is 0 Å². The summed E-state index contributed by atoms with van der Waals surface area (Å²) in [6.45, 7) is -0.757. The third-order valence-corrected chi connectivity index (χ3v) is 3.54. The molecule has 0 spiro atoms. The summed E-state index contributed by atoms with van der Waals surface area (Å²) >= 11 is 0. The molecule has 0 bridgehead atoms. The van der Waals surface area contributed by atoms with Crippen molar-refractivity contribution in [1.29, 1.82) is 0 Å². The lowest BCUT2D eigenvalue weighted by Crippen LogP contribution is -2.36. The van der Waals surface area contributed by atoms with Gasteiger partial charge in [-0.1, -0.05) is 6.07 Å². The second-order valence-corrected chi connectivity index (χ2v) is 5.85. The molecule has 1 aromatic carbocycles. The highest BCUT2D eigenvalue weighted by molar-refractivity contribution is 7.89. The Morgan fingerprint density at radius 3 is 2.79 bits per heavy atom. The molecule has 0 aromatic heterocycles. The number of anilines is 1. The van der Waals surface area contributed by atoms with Crippen LogP contribution in [0.25, 0.3) is 0 Å². The summed E-state index contributed by atoms with van der Waals surface area (Å²) in [6, 6.07) is 6.66. The molecule has 19 heavy (non-hydrogen) atoms. The average molecular weight is 290 g/mol. The van der Waals surface area contributed by atoms with Gasteiger partial charge in [-0.15, -0.1) is 0 Å². The smallest absolute Gasteiger partial charge is 0.215 e. The second-order valence-electron chi connectivity index (χ2n) is 3.92. The Morgan fingerprint density at radius 2 is 2.16 bits per heavy atom. The molecule has 0 aliphatic carbocycles. The number of nitrogens with two attached hydrogens (primary N) is 1. The van der Waals surface area contributed by atoms with Crippen molar-refractivity contribution in [3.63, 3.8) is 0 Å². The van der Waals surface area contributed by atoms with Crippen LogP contribution < -0.4 is 15.2 Å². The van der Waals surface area contributed by atoms with E-state index in [2.05, 4.69) is 4.72 Å². The Hall–Kier alpha value is -1.35. The predicted molar refractivity (Wildman–Crippen MR) is 71.2 cm³/mol. The van der Waals surface area contributed by atoms with Gasteiger partial charge in [0.1, 0.15) is 12.4 Å². The van der Waals surface area contributed by atoms with Gasteiger partial charge < -0.3 is 20.7 Å². The lowest BCUT2D eigenvalue weighted by molar-refractivity contribution is 0.0988. The standard InChI is InChI=1S/C11H18N2O5S/c12-9-2-1-3-11(6-9)18-4-5-19(16,17)13-7-10(15)8-14/h1-3,6,10,13-15H,4-5,7-8,12H2. The number of hydrogen-bond donors (Lipinski definition) is 4. The minimum atomic E-state index is -3.54. The fourth-order valence-electron chi connectivity index (χ4n) is 1.23. The number of aliphatic hydroxyl groups is 2. The highest BCUT2D eigenvalue weighted by Crippen LogP contribution is 2.14. The van der Waals surface area contributed by atoms with Crippen LogP contribution in [0.4, 0.5) is 5.69 Å². The van der Waals surface area contributed by atoms with Crippen LogP contribution in [-0.4, -0.2) is 50.2 Å². The van der Waals surface area contributed by atoms with Gasteiger partial charge in [0.2, 0.25) is 10.0 Å². The van der Waals surface area contributed by atoms with Crippen molar-refractivity contribution in [2.75, 3.05) is 31.2 Å². The number of benzene rings is 1. The maximum Gasteiger partial charge on any atom is 0.215 e. The van der Waals surface area contributed by atoms with Gasteiger partial charge >= 0.3 is 0 Å². The Balaban J connectivity index is 2.35. The van der Waals surface area contributed by atoms with Crippen LogP contribution >= 0.6 is 0 Å². The quantitative estimate of drug-likeness (QED) is 0.452. The van der Waals surface area contributed by atoms with E-state index < -0.39 is 22.7 Å². The number of nitrogens with one attached hydrogen (secondary N) is 1. The van der Waals surface area contributed by atoms with Crippen molar-refractivity contribution in [1.82, 2.24) is 4.72 Å². The highest BCUT2D eigenvalue weighted by Gasteiger charge is 2.12. The summed E-state index contributed by atoms with van der Waals surface area (Å²) in [4.78, 5) is 0. The van der Waals surface area contributed by atoms with Crippen LogP contribution in [0.2, 0.25) is 0 Å². The maximum absolute atomic E-state index is 11.5. The number of rotatable bonds is 8. The first-order valence-electron chi connectivity index (χ1n) is 5.67. The monoisotopic (exact) mass is 290 g/mol. The molecule has 5 N–H and O–H groups in total. The SMILES string of the molecule is Nc1cccc(OCCS(=O)(=O)NCC(O)CO)c1. The van der Waals surface area contributed by atoms with E-state index in [0.29, 0.717) is 11.4 Å². The summed E-state index contributed by atoms with van der Waals surface area (Å²) < 4.78 is 30.4. The molecule has 8 heteroatoms. The lowest BCUT2D eigenvalue weighted by atomic mass is 10.3. The van der Waals surface area contributed by atoms with E-state index in [1.165, 1.54) is 0 Å². The van der Waals surface area contributed by atoms with Crippen molar-refractivity contribution in [3.05, 3.63) is 24.3 Å². The zero-order chi connectivity index (χ0) is 14.3. The summed E-state index contributed by atoms with van der Waals surface area (Å²) in [6.07, 6.45) is -1.11. The number of aliphatic hydroxyl groups excluding tert-OH is 2. The molecule has 0 saturated carbocycles. The first-order chi connectivity index (χ1) is 8.93. The molecule has 1 unspecified atom stereocenters. The third-order valence-electron chi connectivity index (χ3n) is 2.23. The van der Waals surface area contributed by atoms with Crippen molar-refractivity contribution >= 4 is 15.7 Å². The Kier molecular flexibility index (Phi) is 6.03. The summed E-state index contributed by atoms with van der Waals surface area (Å²) in [5.41, 5.74) is 6.08. The van der Waals surface area contributed by atoms with Gasteiger partial charge in [-0.2, -0.15) is 0 Å². The van der Waals surface area contributed by atoms with Gasteiger partial charge in [-0.05, 0) is 12.1 Å². The largest absolute Gasteiger partial charge is 0.492 e. The number of hydrogen-bond acceptors (Lipinski definition) is 6. The molecule has 0 radical (unpaired) electrons. The fourth-order valence-corrected chi connectivity index (χ4v) is 2.13. The molecule has 0 saturated heterocycles. The minimum Gasteiger partial charge on any atom is -0.492 e. The van der Waals surface area contributed by atoms with E-state index in [4.69, 9.17) is 20.7 Å².